The third-order valence-corrected chi connectivity index (χ3v) is 3.95. The first-order valence-electron chi connectivity index (χ1n) is 6.40. The highest BCUT2D eigenvalue weighted by molar-refractivity contribution is 6.32. The Bertz CT molecular complexity index is 570. The lowest BCUT2D eigenvalue weighted by molar-refractivity contribution is 0.114. The maximum atomic E-state index is 11.1. The van der Waals surface area contributed by atoms with Gasteiger partial charge in [-0.2, -0.15) is 5.26 Å². The van der Waals surface area contributed by atoms with Crippen molar-refractivity contribution in [3.8, 4) is 6.07 Å². The monoisotopic (exact) mass is 293 g/mol. The van der Waals surface area contributed by atoms with Crippen molar-refractivity contribution >= 4 is 23.4 Å². The lowest BCUT2D eigenvalue weighted by atomic mass is 10.1. The van der Waals surface area contributed by atoms with Gasteiger partial charge in [-0.15, -0.1) is 0 Å². The molecule has 1 amide bonds. The van der Waals surface area contributed by atoms with E-state index in [-0.39, 0.29) is 12.1 Å². The van der Waals surface area contributed by atoms with Gasteiger partial charge in [0.15, 0.2) is 0 Å². The summed E-state index contributed by atoms with van der Waals surface area (Å²) in [5.41, 5.74) is 1.36. The molecule has 0 radical (unpaired) electrons. The highest BCUT2D eigenvalue weighted by atomic mass is 35.5. The molecule has 1 heterocycles. The lowest BCUT2D eigenvalue weighted by Crippen LogP contribution is -2.58. The van der Waals surface area contributed by atoms with Gasteiger partial charge >= 0.3 is 6.09 Å². The van der Waals surface area contributed by atoms with Crippen LogP contribution in [0.25, 0.3) is 0 Å². The van der Waals surface area contributed by atoms with E-state index in [1.165, 1.54) is 4.90 Å². The summed E-state index contributed by atoms with van der Waals surface area (Å²) < 4.78 is 0. The van der Waals surface area contributed by atoms with Gasteiger partial charge in [0, 0.05) is 30.9 Å². The van der Waals surface area contributed by atoms with Crippen LogP contribution in [0.2, 0.25) is 5.02 Å². The first-order chi connectivity index (χ1) is 9.43. The van der Waals surface area contributed by atoms with Gasteiger partial charge in [0.2, 0.25) is 0 Å². The van der Waals surface area contributed by atoms with Crippen LogP contribution in [0.15, 0.2) is 18.2 Å². The van der Waals surface area contributed by atoms with E-state index in [9.17, 15) is 4.79 Å². The fourth-order valence-corrected chi connectivity index (χ4v) is 2.74. The van der Waals surface area contributed by atoms with E-state index in [0.29, 0.717) is 23.7 Å². The van der Waals surface area contributed by atoms with Crippen LogP contribution in [0.5, 0.6) is 0 Å². The maximum absolute atomic E-state index is 11.1. The molecule has 0 saturated carbocycles. The number of anilines is 1. The molecule has 0 bridgehead atoms. The molecule has 1 aliphatic heterocycles. The maximum Gasteiger partial charge on any atom is 0.407 e. The Balaban J connectivity index is 2.24. The first kappa shape index (κ1) is 14.5. The number of amides is 1. The summed E-state index contributed by atoms with van der Waals surface area (Å²) in [6, 6.07) is 7.32. The second-order valence-corrected chi connectivity index (χ2v) is 5.47. The number of piperazine rings is 1. The molecule has 0 unspecified atom stereocenters. The van der Waals surface area contributed by atoms with Crippen LogP contribution in [0, 0.1) is 11.3 Å². The molecule has 5 nitrogen and oxygen atoms in total. The molecular weight excluding hydrogens is 278 g/mol. The highest BCUT2D eigenvalue weighted by Crippen LogP contribution is 2.27. The number of carbonyl (C=O) groups is 1. The number of halogens is 1. The van der Waals surface area contributed by atoms with Gasteiger partial charge in [-0.1, -0.05) is 11.6 Å². The minimum Gasteiger partial charge on any atom is -0.465 e. The second-order valence-electron chi connectivity index (χ2n) is 5.06. The number of hydrogen-bond donors (Lipinski definition) is 1. The first-order valence-corrected chi connectivity index (χ1v) is 6.77. The minimum atomic E-state index is -0.887. The zero-order chi connectivity index (χ0) is 14.9. The topological polar surface area (TPSA) is 67.6 Å². The molecule has 1 aromatic rings. The van der Waals surface area contributed by atoms with E-state index < -0.39 is 6.09 Å². The highest BCUT2D eigenvalue weighted by Gasteiger charge is 2.32. The van der Waals surface area contributed by atoms with Gasteiger partial charge in [0.1, 0.15) is 6.07 Å². The zero-order valence-electron chi connectivity index (χ0n) is 11.4. The molecule has 20 heavy (non-hydrogen) atoms. The number of rotatable bonds is 1. The number of carboxylic acid groups (broad SMARTS) is 1. The van der Waals surface area contributed by atoms with E-state index in [4.69, 9.17) is 22.0 Å². The van der Waals surface area contributed by atoms with Crippen LogP contribution < -0.4 is 4.90 Å². The van der Waals surface area contributed by atoms with Crippen LogP contribution in [0.4, 0.5) is 10.5 Å². The van der Waals surface area contributed by atoms with Crippen LogP contribution in [0.1, 0.15) is 19.4 Å². The van der Waals surface area contributed by atoms with Gasteiger partial charge in [0.05, 0.1) is 10.6 Å². The molecule has 0 aliphatic carbocycles. The van der Waals surface area contributed by atoms with Gasteiger partial charge in [-0.25, -0.2) is 4.79 Å². The Morgan fingerprint density at radius 3 is 2.65 bits per heavy atom. The molecule has 0 spiro atoms. The SMILES string of the molecule is C[C@@H]1CN(C(=O)O)[C@@H](C)CN1c1ccc(C#N)c(Cl)c1. The van der Waals surface area contributed by atoms with Crippen LogP contribution in [-0.4, -0.2) is 41.3 Å². The summed E-state index contributed by atoms with van der Waals surface area (Å²) in [6.07, 6.45) is -0.887. The molecule has 1 aromatic carbocycles. The largest absolute Gasteiger partial charge is 0.465 e. The minimum absolute atomic E-state index is 0.0614. The third kappa shape index (κ3) is 2.66. The van der Waals surface area contributed by atoms with Gasteiger partial charge in [0.25, 0.3) is 0 Å². The Morgan fingerprint density at radius 1 is 1.40 bits per heavy atom. The number of nitriles is 1. The summed E-state index contributed by atoms with van der Waals surface area (Å²) in [5, 5.41) is 18.5. The number of nitrogens with zero attached hydrogens (tertiary/aromatic N) is 3. The Kier molecular flexibility index (Phi) is 4.05. The Labute approximate surface area is 123 Å². The third-order valence-electron chi connectivity index (χ3n) is 3.64. The van der Waals surface area contributed by atoms with Crippen LogP contribution >= 0.6 is 11.6 Å². The molecule has 6 heteroatoms. The van der Waals surface area contributed by atoms with E-state index in [1.807, 2.05) is 26.0 Å². The predicted molar refractivity (Wildman–Crippen MR) is 77.2 cm³/mol. The summed E-state index contributed by atoms with van der Waals surface area (Å²) in [7, 11) is 0. The average molecular weight is 294 g/mol. The van der Waals surface area contributed by atoms with Gasteiger partial charge in [-0.05, 0) is 32.0 Å². The quantitative estimate of drug-likeness (QED) is 0.864. The smallest absolute Gasteiger partial charge is 0.407 e. The van der Waals surface area contributed by atoms with Gasteiger partial charge in [-0.3, -0.25) is 0 Å². The van der Waals surface area contributed by atoms with Crippen LogP contribution in [0.3, 0.4) is 0 Å². The van der Waals surface area contributed by atoms with E-state index >= 15 is 0 Å². The zero-order valence-corrected chi connectivity index (χ0v) is 12.1. The molecule has 2 rings (SSSR count). The number of benzene rings is 1. The van der Waals surface area contributed by atoms with Gasteiger partial charge < -0.3 is 14.9 Å². The van der Waals surface area contributed by atoms with E-state index in [2.05, 4.69) is 4.90 Å². The molecule has 106 valence electrons. The normalized spacial score (nSPS) is 22.5. The Hall–Kier alpha value is -1.93. The average Bonchev–Trinajstić information content (AvgIpc) is 2.40. The van der Waals surface area contributed by atoms with Crippen molar-refractivity contribution in [1.82, 2.24) is 4.90 Å². The Morgan fingerprint density at radius 2 is 2.10 bits per heavy atom. The van der Waals surface area contributed by atoms with Crippen molar-refractivity contribution in [1.29, 1.82) is 5.26 Å². The fourth-order valence-electron chi connectivity index (χ4n) is 2.53. The van der Waals surface area contributed by atoms with Crippen molar-refractivity contribution in [2.75, 3.05) is 18.0 Å². The van der Waals surface area contributed by atoms with E-state index in [0.717, 1.165) is 5.69 Å². The summed E-state index contributed by atoms with van der Waals surface area (Å²) >= 11 is 6.06. The van der Waals surface area contributed by atoms with Crippen molar-refractivity contribution in [2.45, 2.75) is 25.9 Å². The summed E-state index contributed by atoms with van der Waals surface area (Å²) in [5.74, 6) is 0. The molecule has 1 N–H and O–H groups in total. The van der Waals surface area contributed by atoms with Crippen molar-refractivity contribution in [2.24, 2.45) is 0 Å². The molecule has 0 aromatic heterocycles. The summed E-state index contributed by atoms with van der Waals surface area (Å²) in [6.45, 7) is 4.93. The van der Waals surface area contributed by atoms with Crippen molar-refractivity contribution in [3.05, 3.63) is 28.8 Å². The van der Waals surface area contributed by atoms with Crippen molar-refractivity contribution in [3.63, 3.8) is 0 Å². The summed E-state index contributed by atoms with van der Waals surface area (Å²) in [4.78, 5) is 14.7. The van der Waals surface area contributed by atoms with Crippen LogP contribution in [-0.2, 0) is 0 Å². The lowest BCUT2D eigenvalue weighted by Gasteiger charge is -2.44. The second kappa shape index (κ2) is 5.59. The molecule has 1 saturated heterocycles. The molecular formula is C14H16ClN3O2. The molecule has 1 fully saturated rings. The van der Waals surface area contributed by atoms with Crippen molar-refractivity contribution < 1.29 is 9.90 Å². The van der Waals surface area contributed by atoms with E-state index in [1.54, 1.807) is 12.1 Å². The molecule has 2 atom stereocenters. The standard InChI is InChI=1S/C14H16ClN3O2/c1-9-8-18(14(19)20)10(2)7-17(9)12-4-3-11(6-16)13(15)5-12/h3-5,9-10H,7-8H2,1-2H3,(H,19,20)/t9-,10+/m1/s1. The fraction of sp³-hybridized carbons (Fsp3) is 0.429. The molecule has 1 aliphatic rings. The predicted octanol–water partition coefficient (Wildman–Crippen LogP) is 2.79. The number of hydrogen-bond acceptors (Lipinski definition) is 3.